The van der Waals surface area contributed by atoms with Crippen molar-refractivity contribution < 1.29 is 14.9 Å². The fourth-order valence-corrected chi connectivity index (χ4v) is 2.13. The van der Waals surface area contributed by atoms with Crippen LogP contribution in [0.3, 0.4) is 0 Å². The Hall–Kier alpha value is -0.380. The van der Waals surface area contributed by atoms with Gasteiger partial charge in [-0.05, 0) is 30.8 Å². The lowest BCUT2D eigenvalue weighted by molar-refractivity contribution is -0.215. The van der Waals surface area contributed by atoms with Crippen LogP contribution in [0.5, 0.6) is 0 Å². The van der Waals surface area contributed by atoms with E-state index < -0.39 is 5.79 Å². The van der Waals surface area contributed by atoms with Gasteiger partial charge in [0.25, 0.3) is 0 Å². The Morgan fingerprint density at radius 3 is 3.17 bits per heavy atom. The van der Waals surface area contributed by atoms with E-state index in [-0.39, 0.29) is 6.61 Å². The number of fused-ring (bicyclic) bond motifs is 1. The van der Waals surface area contributed by atoms with E-state index in [2.05, 4.69) is 0 Å². The monoisotopic (exact) mass is 170 g/mol. The third kappa shape index (κ3) is 1.09. The van der Waals surface area contributed by atoms with Crippen molar-refractivity contribution in [3.63, 3.8) is 0 Å². The molecule has 3 nitrogen and oxygen atoms in total. The average molecular weight is 170 g/mol. The van der Waals surface area contributed by atoms with Crippen LogP contribution in [0.1, 0.15) is 19.3 Å². The highest BCUT2D eigenvalue weighted by molar-refractivity contribution is 5.22. The van der Waals surface area contributed by atoms with Crippen LogP contribution in [-0.2, 0) is 4.74 Å². The molecular weight excluding hydrogens is 156 g/mol. The van der Waals surface area contributed by atoms with Gasteiger partial charge in [-0.2, -0.15) is 0 Å². The number of hydrogen-bond acceptors (Lipinski definition) is 3. The van der Waals surface area contributed by atoms with E-state index in [1.54, 1.807) is 0 Å². The van der Waals surface area contributed by atoms with E-state index in [4.69, 9.17) is 9.84 Å². The number of rotatable bonds is 1. The molecule has 0 spiro atoms. The highest BCUT2D eigenvalue weighted by Crippen LogP contribution is 2.40. The highest BCUT2D eigenvalue weighted by Gasteiger charge is 2.41. The lowest BCUT2D eigenvalue weighted by Crippen LogP contribution is -2.44. The van der Waals surface area contributed by atoms with Crippen LogP contribution in [0.2, 0.25) is 0 Å². The third-order valence-electron chi connectivity index (χ3n) is 2.79. The van der Waals surface area contributed by atoms with Crippen LogP contribution >= 0.6 is 0 Å². The molecule has 1 aliphatic heterocycles. The summed E-state index contributed by atoms with van der Waals surface area (Å²) in [6.07, 6.45) is 5.08. The second kappa shape index (κ2) is 2.83. The second-order valence-electron chi connectivity index (χ2n) is 3.51. The summed E-state index contributed by atoms with van der Waals surface area (Å²) in [6, 6.07) is 0. The molecule has 1 aliphatic carbocycles. The molecule has 0 bridgehead atoms. The van der Waals surface area contributed by atoms with E-state index in [0.717, 1.165) is 24.8 Å². The maximum atomic E-state index is 9.81. The zero-order valence-corrected chi connectivity index (χ0v) is 6.99. The Kier molecular flexibility index (Phi) is 1.94. The van der Waals surface area contributed by atoms with Gasteiger partial charge in [0.1, 0.15) is 6.61 Å². The van der Waals surface area contributed by atoms with Crippen LogP contribution < -0.4 is 0 Å². The molecule has 12 heavy (non-hydrogen) atoms. The van der Waals surface area contributed by atoms with Crippen molar-refractivity contribution in [3.8, 4) is 0 Å². The van der Waals surface area contributed by atoms with Gasteiger partial charge < -0.3 is 14.9 Å². The Bertz CT molecular complexity index is 212. The van der Waals surface area contributed by atoms with Crippen molar-refractivity contribution in [2.75, 3.05) is 13.2 Å². The van der Waals surface area contributed by atoms with Crippen molar-refractivity contribution in [1.29, 1.82) is 0 Å². The topological polar surface area (TPSA) is 49.7 Å². The van der Waals surface area contributed by atoms with Gasteiger partial charge in [0.2, 0.25) is 5.79 Å². The molecule has 0 saturated carbocycles. The normalized spacial score (nSPS) is 40.8. The molecule has 2 N–H and O–H groups in total. The summed E-state index contributed by atoms with van der Waals surface area (Å²) in [5.74, 6) is -0.921. The summed E-state index contributed by atoms with van der Waals surface area (Å²) in [5, 5.41) is 18.8. The first kappa shape index (κ1) is 8.23. The molecule has 2 rings (SSSR count). The summed E-state index contributed by atoms with van der Waals surface area (Å²) in [7, 11) is 0. The van der Waals surface area contributed by atoms with Crippen molar-refractivity contribution in [2.24, 2.45) is 5.92 Å². The number of aliphatic hydroxyl groups is 2. The summed E-state index contributed by atoms with van der Waals surface area (Å²) in [6.45, 7) is 0.231. The molecule has 0 radical (unpaired) electrons. The molecule has 0 unspecified atom stereocenters. The minimum atomic E-state index is -1.36. The zero-order valence-electron chi connectivity index (χ0n) is 6.99. The van der Waals surface area contributed by atoms with Crippen molar-refractivity contribution in [1.82, 2.24) is 0 Å². The van der Waals surface area contributed by atoms with Gasteiger partial charge >= 0.3 is 0 Å². The van der Waals surface area contributed by atoms with E-state index in [1.807, 2.05) is 6.08 Å². The van der Waals surface area contributed by atoms with Gasteiger partial charge in [-0.25, -0.2) is 0 Å². The number of ether oxygens (including phenoxy) is 1. The Morgan fingerprint density at radius 1 is 1.58 bits per heavy atom. The third-order valence-corrected chi connectivity index (χ3v) is 2.79. The predicted molar refractivity (Wildman–Crippen MR) is 43.4 cm³/mol. The molecule has 2 atom stereocenters. The first-order valence-corrected chi connectivity index (χ1v) is 4.44. The van der Waals surface area contributed by atoms with Crippen molar-refractivity contribution in [3.05, 3.63) is 11.6 Å². The molecular formula is C9H14O3. The Morgan fingerprint density at radius 2 is 2.42 bits per heavy atom. The second-order valence-corrected chi connectivity index (χ2v) is 3.51. The molecule has 0 amide bonds. The summed E-state index contributed by atoms with van der Waals surface area (Å²) in [5.41, 5.74) is 0.899. The maximum absolute atomic E-state index is 9.81. The Balaban J connectivity index is 2.23. The largest absolute Gasteiger partial charge is 0.390 e. The minimum absolute atomic E-state index is 0.324. The minimum Gasteiger partial charge on any atom is -0.390 e. The molecule has 0 aromatic heterocycles. The highest BCUT2D eigenvalue weighted by atomic mass is 16.6. The maximum Gasteiger partial charge on any atom is 0.212 e. The van der Waals surface area contributed by atoms with Gasteiger partial charge in [-0.3, -0.25) is 0 Å². The Labute approximate surface area is 71.7 Å². The van der Waals surface area contributed by atoms with Crippen molar-refractivity contribution >= 4 is 0 Å². The molecule has 1 fully saturated rings. The summed E-state index contributed by atoms with van der Waals surface area (Å²) >= 11 is 0. The van der Waals surface area contributed by atoms with E-state index in [1.165, 1.54) is 0 Å². The summed E-state index contributed by atoms with van der Waals surface area (Å²) < 4.78 is 5.17. The van der Waals surface area contributed by atoms with Gasteiger partial charge in [0, 0.05) is 0 Å². The first-order valence-electron chi connectivity index (χ1n) is 4.44. The molecule has 1 saturated heterocycles. The van der Waals surface area contributed by atoms with Gasteiger partial charge in [0.15, 0.2) is 0 Å². The summed E-state index contributed by atoms with van der Waals surface area (Å²) in [4.78, 5) is 0. The lowest BCUT2D eigenvalue weighted by Gasteiger charge is -2.36. The SMILES string of the molecule is OC[C@@]1(O)OCC[C@@H]2CCC=C21. The van der Waals surface area contributed by atoms with Crippen LogP contribution in [0.15, 0.2) is 11.6 Å². The predicted octanol–water partition coefficient (Wildman–Crippen LogP) is 0.424. The fourth-order valence-electron chi connectivity index (χ4n) is 2.13. The molecule has 2 aliphatic rings. The molecule has 68 valence electrons. The number of aliphatic hydroxyl groups excluding tert-OH is 1. The van der Waals surface area contributed by atoms with E-state index in [9.17, 15) is 5.11 Å². The van der Waals surface area contributed by atoms with E-state index >= 15 is 0 Å². The van der Waals surface area contributed by atoms with Crippen LogP contribution in [-0.4, -0.2) is 29.2 Å². The number of allylic oxidation sites excluding steroid dienone is 1. The van der Waals surface area contributed by atoms with Gasteiger partial charge in [-0.1, -0.05) is 6.08 Å². The molecule has 3 heteroatoms. The smallest absolute Gasteiger partial charge is 0.212 e. The van der Waals surface area contributed by atoms with Crippen LogP contribution in [0.4, 0.5) is 0 Å². The molecule has 1 heterocycles. The van der Waals surface area contributed by atoms with Crippen LogP contribution in [0, 0.1) is 5.92 Å². The standard InChI is InChI=1S/C9H14O3/c10-6-9(11)8-3-1-2-7(8)4-5-12-9/h3,7,10-11H,1-2,4-6H2/t7-,9+/m0/s1. The average Bonchev–Trinajstić information content (AvgIpc) is 2.54. The van der Waals surface area contributed by atoms with E-state index in [0.29, 0.717) is 12.5 Å². The van der Waals surface area contributed by atoms with Gasteiger partial charge in [0.05, 0.1) is 6.61 Å². The van der Waals surface area contributed by atoms with Crippen LogP contribution in [0.25, 0.3) is 0 Å². The zero-order chi connectivity index (χ0) is 8.60. The quantitative estimate of drug-likeness (QED) is 0.561. The van der Waals surface area contributed by atoms with Gasteiger partial charge in [-0.15, -0.1) is 0 Å². The number of hydrogen-bond donors (Lipinski definition) is 2. The fraction of sp³-hybridized carbons (Fsp3) is 0.778. The first-order chi connectivity index (χ1) is 5.76. The van der Waals surface area contributed by atoms with Crippen molar-refractivity contribution in [2.45, 2.75) is 25.0 Å². The lowest BCUT2D eigenvalue weighted by atomic mass is 9.90. The molecule has 0 aromatic carbocycles. The molecule has 0 aromatic rings.